The monoisotopic (exact) mass is 453 g/mol. The molecule has 0 saturated heterocycles. The second-order valence-electron chi connectivity index (χ2n) is 7.31. The Bertz CT molecular complexity index is 1150. The number of fused-ring (bicyclic) bond motifs is 3. The van der Waals surface area contributed by atoms with Crippen LogP contribution in [0.2, 0.25) is 0 Å². The molecule has 0 aliphatic rings. The number of nitrogens with one attached hydrogen (secondary N) is 1. The van der Waals surface area contributed by atoms with Crippen molar-refractivity contribution in [3.05, 3.63) is 59.9 Å². The van der Waals surface area contributed by atoms with Gasteiger partial charge in [0, 0.05) is 34.2 Å². The van der Waals surface area contributed by atoms with Crippen LogP contribution in [-0.2, 0) is 19.1 Å². The van der Waals surface area contributed by atoms with Crippen LogP contribution in [0.4, 0.5) is 0 Å². The number of nitrogens with zero attached hydrogens (tertiary/aromatic N) is 2. The lowest BCUT2D eigenvalue weighted by atomic mass is 10.0. The number of ether oxygens (including phenoxy) is 2. The van der Waals surface area contributed by atoms with Gasteiger partial charge in [-0.1, -0.05) is 12.1 Å². The summed E-state index contributed by atoms with van der Waals surface area (Å²) in [5, 5.41) is 4.17. The smallest absolute Gasteiger partial charge is 0.326 e. The van der Waals surface area contributed by atoms with Crippen molar-refractivity contribution in [2.24, 2.45) is 23.2 Å². The van der Waals surface area contributed by atoms with Gasteiger partial charge in [0.15, 0.2) is 0 Å². The highest BCUT2D eigenvalue weighted by Crippen LogP contribution is 2.29. The van der Waals surface area contributed by atoms with Crippen molar-refractivity contribution < 1.29 is 19.1 Å². The molecule has 11 heteroatoms. The number of hydrogen-bond donors (Lipinski definition) is 5. The fourth-order valence-electron chi connectivity index (χ4n) is 3.28. The van der Waals surface area contributed by atoms with E-state index in [9.17, 15) is 9.59 Å². The Hall–Kier alpha value is -4.22. The third-order valence-corrected chi connectivity index (χ3v) is 4.95. The van der Waals surface area contributed by atoms with E-state index in [1.807, 2.05) is 36.4 Å². The Morgan fingerprint density at radius 3 is 1.58 bits per heavy atom. The maximum Gasteiger partial charge on any atom is 0.326 e. The molecule has 174 valence electrons. The predicted molar refractivity (Wildman–Crippen MR) is 126 cm³/mol. The molecule has 1 heterocycles. The van der Waals surface area contributed by atoms with Gasteiger partial charge in [-0.3, -0.25) is 9.59 Å². The molecule has 0 radical (unpaired) electrons. The minimum atomic E-state index is -0.477. The molecule has 0 aliphatic carbocycles. The first-order chi connectivity index (χ1) is 15.7. The summed E-state index contributed by atoms with van der Waals surface area (Å²) in [6, 6.07) is 11.4. The summed E-state index contributed by atoms with van der Waals surface area (Å²) in [7, 11) is 2.57. The summed E-state index contributed by atoms with van der Waals surface area (Å²) in [6.07, 6.45) is 2.94. The van der Waals surface area contributed by atoms with Gasteiger partial charge in [0.1, 0.15) is 13.1 Å². The van der Waals surface area contributed by atoms with Gasteiger partial charge in [0.2, 0.25) is 0 Å². The lowest BCUT2D eigenvalue weighted by Crippen LogP contribution is -2.32. The molecular formula is C22H27N7O4. The highest BCUT2D eigenvalue weighted by molar-refractivity contribution is 6.08. The van der Waals surface area contributed by atoms with E-state index in [2.05, 4.69) is 14.5 Å². The first kappa shape index (κ1) is 23.4. The van der Waals surface area contributed by atoms with E-state index >= 15 is 0 Å². The summed E-state index contributed by atoms with van der Waals surface area (Å²) in [5.41, 5.74) is 16.4. The van der Waals surface area contributed by atoms with Crippen LogP contribution in [-0.4, -0.2) is 54.2 Å². The van der Waals surface area contributed by atoms with Crippen LogP contribution in [0.1, 0.15) is 11.1 Å². The van der Waals surface area contributed by atoms with E-state index in [1.165, 1.54) is 26.6 Å². The van der Waals surface area contributed by atoms with Crippen LogP contribution in [0.5, 0.6) is 0 Å². The third-order valence-electron chi connectivity index (χ3n) is 4.95. The lowest BCUT2D eigenvalue weighted by molar-refractivity contribution is -0.142. The number of methoxy groups -OCH3 is 2. The molecule has 33 heavy (non-hydrogen) atoms. The average molecular weight is 454 g/mol. The van der Waals surface area contributed by atoms with E-state index in [-0.39, 0.29) is 13.1 Å². The zero-order valence-corrected chi connectivity index (χ0v) is 18.4. The number of rotatable bonds is 8. The van der Waals surface area contributed by atoms with E-state index in [1.54, 1.807) is 0 Å². The summed E-state index contributed by atoms with van der Waals surface area (Å²) >= 11 is 0. The van der Waals surface area contributed by atoms with E-state index in [4.69, 9.17) is 23.2 Å². The number of carbonyl (C=O) groups is 2. The second kappa shape index (κ2) is 9.94. The fraction of sp³-hybridized carbons (Fsp3) is 0.182. The molecule has 3 rings (SSSR count). The summed E-state index contributed by atoms with van der Waals surface area (Å²) < 4.78 is 9.20. The van der Waals surface area contributed by atoms with Crippen LogP contribution >= 0.6 is 0 Å². The van der Waals surface area contributed by atoms with Crippen LogP contribution in [0, 0.1) is 0 Å². The number of benzene rings is 2. The zero-order valence-electron chi connectivity index (χ0n) is 18.4. The van der Waals surface area contributed by atoms with Crippen molar-refractivity contribution in [1.29, 1.82) is 0 Å². The Labute approximate surface area is 190 Å². The van der Waals surface area contributed by atoms with Gasteiger partial charge in [-0.2, -0.15) is 0 Å². The van der Waals surface area contributed by atoms with Crippen molar-refractivity contribution in [2.45, 2.75) is 0 Å². The van der Waals surface area contributed by atoms with Gasteiger partial charge in [0.25, 0.3) is 0 Å². The maximum absolute atomic E-state index is 11.4. The Kier molecular flexibility index (Phi) is 7.06. The summed E-state index contributed by atoms with van der Waals surface area (Å²) in [5.74, 6) is 10.7. The van der Waals surface area contributed by atoms with Gasteiger partial charge in [-0.05, 0) is 35.4 Å². The van der Waals surface area contributed by atoms with Crippen LogP contribution < -0.4 is 23.2 Å². The molecule has 9 N–H and O–H groups in total. The molecule has 2 aromatic carbocycles. The first-order valence-corrected chi connectivity index (χ1v) is 9.89. The van der Waals surface area contributed by atoms with Crippen molar-refractivity contribution in [3.63, 3.8) is 0 Å². The van der Waals surface area contributed by atoms with Gasteiger partial charge in [-0.15, -0.1) is 0 Å². The number of hydrazine groups is 2. The molecular weight excluding hydrogens is 426 g/mol. The van der Waals surface area contributed by atoms with Crippen molar-refractivity contribution in [1.82, 2.24) is 15.0 Å². The highest BCUT2D eigenvalue weighted by atomic mass is 16.5. The van der Waals surface area contributed by atoms with Crippen molar-refractivity contribution >= 4 is 45.1 Å². The second-order valence-corrected chi connectivity index (χ2v) is 7.31. The number of hydrogen-bond acceptors (Lipinski definition) is 10. The summed E-state index contributed by atoms with van der Waals surface area (Å²) in [4.78, 5) is 26.1. The minimum Gasteiger partial charge on any atom is -0.468 e. The number of aromatic nitrogens is 1. The Balaban J connectivity index is 1.94. The van der Waals surface area contributed by atoms with E-state index < -0.39 is 11.9 Å². The third kappa shape index (κ3) is 5.53. The zero-order chi connectivity index (χ0) is 24.1. The lowest BCUT2D eigenvalue weighted by Gasteiger charge is -2.13. The minimum absolute atomic E-state index is 0.129. The molecule has 0 saturated carbocycles. The molecule has 0 bridgehead atoms. The topological polar surface area (TPSA) is 179 Å². The van der Waals surface area contributed by atoms with Crippen molar-refractivity contribution in [3.8, 4) is 0 Å². The number of nitrogens with two attached hydrogens (primary N) is 4. The van der Waals surface area contributed by atoms with E-state index in [0.717, 1.165) is 43.0 Å². The van der Waals surface area contributed by atoms with Gasteiger partial charge >= 0.3 is 11.9 Å². The number of esters is 2. The molecule has 0 aliphatic heterocycles. The standard InChI is InChI=1S/C22H27N7O4/c1-32-21(30)11-28(25)9-17(23)13-3-5-19-15(7-13)16-8-14(4-6-20(16)27-19)18(24)10-29(26)12-22(31)33-2/h3-10,27H,11-12,23-26H2,1-2H3/b17-9-,18-10-. The maximum atomic E-state index is 11.4. The van der Waals surface area contributed by atoms with E-state index in [0.29, 0.717) is 11.4 Å². The van der Waals surface area contributed by atoms with Gasteiger partial charge in [0.05, 0.1) is 25.6 Å². The van der Waals surface area contributed by atoms with Crippen LogP contribution in [0.15, 0.2) is 48.8 Å². The molecule has 0 unspecified atom stereocenters. The van der Waals surface area contributed by atoms with Crippen molar-refractivity contribution in [2.75, 3.05) is 27.3 Å². The Morgan fingerprint density at radius 2 is 1.21 bits per heavy atom. The molecule has 0 atom stereocenters. The Morgan fingerprint density at radius 1 is 0.818 bits per heavy atom. The molecule has 3 aromatic rings. The van der Waals surface area contributed by atoms with Gasteiger partial charge in [-0.25, -0.2) is 11.7 Å². The quantitative estimate of drug-likeness (QED) is 0.183. The normalized spacial score (nSPS) is 12.1. The predicted octanol–water partition coefficient (Wildman–Crippen LogP) is 0.533. The molecule has 0 spiro atoms. The highest BCUT2D eigenvalue weighted by Gasteiger charge is 2.11. The molecule has 11 nitrogen and oxygen atoms in total. The first-order valence-electron chi connectivity index (χ1n) is 9.89. The van der Waals surface area contributed by atoms with Crippen LogP contribution in [0.25, 0.3) is 33.2 Å². The van der Waals surface area contributed by atoms with Crippen LogP contribution in [0.3, 0.4) is 0 Å². The van der Waals surface area contributed by atoms with Gasteiger partial charge < -0.3 is 35.9 Å². The number of aromatic amines is 1. The molecule has 0 amide bonds. The fourth-order valence-corrected chi connectivity index (χ4v) is 3.28. The molecule has 0 fully saturated rings. The summed E-state index contributed by atoms with van der Waals surface area (Å²) in [6.45, 7) is -0.259. The number of carbonyl (C=O) groups excluding carboxylic acids is 2. The average Bonchev–Trinajstić information content (AvgIpc) is 3.15. The largest absolute Gasteiger partial charge is 0.468 e. The molecule has 1 aromatic heterocycles. The SMILES string of the molecule is COC(=O)CN(N)/C=C(\N)c1ccc2[nH]c3ccc(/C(N)=C/N(N)CC(=O)OC)cc3c2c1. The number of H-pyrrole nitrogens is 1.